The van der Waals surface area contributed by atoms with E-state index in [1.165, 1.54) is 0 Å². The van der Waals surface area contributed by atoms with Gasteiger partial charge in [-0.05, 0) is 54.3 Å². The summed E-state index contributed by atoms with van der Waals surface area (Å²) >= 11 is 0. The summed E-state index contributed by atoms with van der Waals surface area (Å²) in [6.07, 6.45) is -1.61. The highest BCUT2D eigenvalue weighted by atomic mass is 16.5. The molecule has 1 heterocycles. The third-order valence-corrected chi connectivity index (χ3v) is 7.19. The molecule has 1 fully saturated rings. The average Bonchev–Trinajstić information content (AvgIpc) is 3.17. The first kappa shape index (κ1) is 21.5. The van der Waals surface area contributed by atoms with Gasteiger partial charge in [0.05, 0.1) is 13.0 Å². The van der Waals surface area contributed by atoms with Gasteiger partial charge in [0.15, 0.2) is 11.2 Å². The molecular weight excluding hydrogens is 420 g/mol. The van der Waals surface area contributed by atoms with Gasteiger partial charge in [-0.3, -0.25) is 4.79 Å². The molecule has 3 aromatic rings. The van der Waals surface area contributed by atoms with Crippen LogP contribution in [-0.2, 0) is 16.0 Å². The van der Waals surface area contributed by atoms with Crippen LogP contribution in [0.4, 0.5) is 0 Å². The number of hydrogen-bond acceptors (Lipinski definition) is 5. The maximum Gasteiger partial charge on any atom is 0.310 e. The van der Waals surface area contributed by atoms with E-state index in [1.54, 1.807) is 31.4 Å². The predicted octanol–water partition coefficient (Wildman–Crippen LogP) is 3.65. The van der Waals surface area contributed by atoms with Gasteiger partial charge in [0.2, 0.25) is 0 Å². The van der Waals surface area contributed by atoms with Crippen LogP contribution in [0.2, 0.25) is 0 Å². The van der Waals surface area contributed by atoms with Crippen molar-refractivity contribution in [1.82, 2.24) is 0 Å². The Kier molecular flexibility index (Phi) is 4.78. The minimum absolute atomic E-state index is 0.432. The summed E-state index contributed by atoms with van der Waals surface area (Å²) < 4.78 is 12.0. The van der Waals surface area contributed by atoms with E-state index in [4.69, 9.17) is 9.47 Å². The lowest BCUT2D eigenvalue weighted by Gasteiger charge is -2.41. The van der Waals surface area contributed by atoms with E-state index >= 15 is 0 Å². The number of methoxy groups -OCH3 is 1. The minimum atomic E-state index is -1.99. The van der Waals surface area contributed by atoms with Crippen LogP contribution in [0.25, 0.3) is 0 Å². The van der Waals surface area contributed by atoms with Crippen molar-refractivity contribution in [3.63, 3.8) is 0 Å². The molecule has 0 bridgehead atoms. The Bertz CT molecular complexity index is 1220. The summed E-state index contributed by atoms with van der Waals surface area (Å²) in [5.74, 6) is -2.28. The molecule has 6 nitrogen and oxygen atoms in total. The molecule has 3 N–H and O–H groups in total. The number of aliphatic hydroxyl groups excluding tert-OH is 1. The van der Waals surface area contributed by atoms with Gasteiger partial charge in [-0.1, -0.05) is 48.5 Å². The van der Waals surface area contributed by atoms with Crippen molar-refractivity contribution in [3.8, 4) is 11.5 Å². The summed E-state index contributed by atoms with van der Waals surface area (Å²) in [6, 6.07) is 19.9. The van der Waals surface area contributed by atoms with Crippen LogP contribution in [0.5, 0.6) is 11.5 Å². The summed E-state index contributed by atoms with van der Waals surface area (Å²) in [7, 11) is 1.56. The summed E-state index contributed by atoms with van der Waals surface area (Å²) in [6.45, 7) is 3.77. The number of aryl methyl sites for hydroxylation is 2. The Morgan fingerprint density at radius 2 is 1.70 bits per heavy atom. The smallest absolute Gasteiger partial charge is 0.310 e. The van der Waals surface area contributed by atoms with E-state index in [1.807, 2.05) is 56.3 Å². The normalized spacial score (nSPS) is 29.8. The second kappa shape index (κ2) is 7.33. The maximum absolute atomic E-state index is 12.5. The molecule has 0 saturated heterocycles. The predicted molar refractivity (Wildman–Crippen MR) is 121 cm³/mol. The molecule has 3 aromatic carbocycles. The fraction of sp³-hybridized carbons (Fsp3) is 0.296. The highest BCUT2D eigenvalue weighted by Crippen LogP contribution is 2.69. The molecule has 0 unspecified atom stereocenters. The maximum atomic E-state index is 12.5. The number of carboxylic acids is 1. The van der Waals surface area contributed by atoms with E-state index in [-0.39, 0.29) is 0 Å². The van der Waals surface area contributed by atoms with Gasteiger partial charge < -0.3 is 24.8 Å². The summed E-state index contributed by atoms with van der Waals surface area (Å²) in [5, 5.41) is 34.2. The van der Waals surface area contributed by atoms with Crippen molar-refractivity contribution < 1.29 is 29.6 Å². The Balaban J connectivity index is 1.88. The van der Waals surface area contributed by atoms with Crippen molar-refractivity contribution in [3.05, 3.63) is 94.5 Å². The molecule has 33 heavy (non-hydrogen) atoms. The number of fused-ring (bicyclic) bond motifs is 3. The Morgan fingerprint density at radius 1 is 1.03 bits per heavy atom. The molecule has 170 valence electrons. The monoisotopic (exact) mass is 446 g/mol. The number of rotatable bonds is 4. The second-order valence-electron chi connectivity index (χ2n) is 8.98. The molecule has 1 saturated carbocycles. The van der Waals surface area contributed by atoms with E-state index in [0.29, 0.717) is 28.2 Å². The zero-order chi connectivity index (χ0) is 23.5. The number of aliphatic hydroxyl groups is 2. The van der Waals surface area contributed by atoms with E-state index in [0.717, 1.165) is 11.1 Å². The SMILES string of the molecule is COc1ccc([C@@]23Oc4cc(C)cc(C)c4[C@]2(O)[C@H](O)[C@@H](C(=O)O)[C@@H]3c2ccccc2)cc1. The number of carboxylic acid groups (broad SMARTS) is 1. The van der Waals surface area contributed by atoms with Crippen molar-refractivity contribution in [2.75, 3.05) is 7.11 Å². The molecule has 6 heteroatoms. The average molecular weight is 446 g/mol. The topological polar surface area (TPSA) is 96.2 Å². The zero-order valence-corrected chi connectivity index (χ0v) is 18.6. The van der Waals surface area contributed by atoms with Crippen LogP contribution in [0.3, 0.4) is 0 Å². The number of benzene rings is 3. The quantitative estimate of drug-likeness (QED) is 0.566. The number of hydrogen-bond donors (Lipinski definition) is 3. The van der Waals surface area contributed by atoms with Crippen LogP contribution in [0, 0.1) is 19.8 Å². The largest absolute Gasteiger partial charge is 0.497 e. The molecule has 0 radical (unpaired) electrons. The minimum Gasteiger partial charge on any atom is -0.497 e. The van der Waals surface area contributed by atoms with Crippen LogP contribution >= 0.6 is 0 Å². The van der Waals surface area contributed by atoms with Crippen molar-refractivity contribution in [2.24, 2.45) is 5.92 Å². The number of ether oxygens (including phenoxy) is 2. The van der Waals surface area contributed by atoms with E-state index in [2.05, 4.69) is 0 Å². The van der Waals surface area contributed by atoms with Crippen LogP contribution in [0.15, 0.2) is 66.7 Å². The van der Waals surface area contributed by atoms with Gasteiger partial charge in [-0.15, -0.1) is 0 Å². The third kappa shape index (κ3) is 2.71. The summed E-state index contributed by atoms with van der Waals surface area (Å²) in [4.78, 5) is 12.5. The van der Waals surface area contributed by atoms with Gasteiger partial charge in [0.25, 0.3) is 0 Å². The molecule has 5 rings (SSSR count). The molecule has 0 amide bonds. The first-order chi connectivity index (χ1) is 15.8. The van der Waals surface area contributed by atoms with Crippen LogP contribution in [-0.4, -0.2) is 34.5 Å². The number of carbonyl (C=O) groups is 1. The van der Waals surface area contributed by atoms with E-state index in [9.17, 15) is 20.1 Å². The fourth-order valence-corrected chi connectivity index (χ4v) is 5.97. The van der Waals surface area contributed by atoms with Crippen molar-refractivity contribution >= 4 is 5.97 Å². The highest BCUT2D eigenvalue weighted by molar-refractivity contribution is 5.76. The lowest BCUT2D eigenvalue weighted by molar-refractivity contribution is -0.159. The first-order valence-corrected chi connectivity index (χ1v) is 10.9. The Hall–Kier alpha value is -3.35. The fourth-order valence-electron chi connectivity index (χ4n) is 5.97. The van der Waals surface area contributed by atoms with Gasteiger partial charge in [-0.2, -0.15) is 0 Å². The van der Waals surface area contributed by atoms with E-state index < -0.39 is 35.1 Å². The van der Waals surface area contributed by atoms with Gasteiger partial charge in [0, 0.05) is 11.5 Å². The first-order valence-electron chi connectivity index (χ1n) is 10.9. The molecule has 5 atom stereocenters. The third-order valence-electron chi connectivity index (χ3n) is 7.19. The standard InChI is InChI=1S/C27H26O6/c1-15-13-16(2)22-20(14-15)33-27(18-9-11-19(32-3)12-10-18)23(17-7-5-4-6-8-17)21(25(29)30)24(28)26(22,27)31/h4-14,21,23-24,28,31H,1-3H3,(H,29,30)/t21-,23-,24+,26-,27-/m0/s1. The highest BCUT2D eigenvalue weighted by Gasteiger charge is 2.77. The Labute approximate surface area is 192 Å². The zero-order valence-electron chi connectivity index (χ0n) is 18.6. The Morgan fingerprint density at radius 3 is 2.30 bits per heavy atom. The second-order valence-corrected chi connectivity index (χ2v) is 8.98. The van der Waals surface area contributed by atoms with Crippen LogP contribution < -0.4 is 9.47 Å². The number of aliphatic carboxylic acids is 1. The molecule has 1 aliphatic carbocycles. The molecule has 1 aliphatic heterocycles. The molecule has 2 aliphatic rings. The molecular formula is C27H26O6. The summed E-state index contributed by atoms with van der Waals surface area (Å²) in [5.41, 5.74) is -0.211. The van der Waals surface area contributed by atoms with Gasteiger partial charge >= 0.3 is 5.97 Å². The van der Waals surface area contributed by atoms with Crippen molar-refractivity contribution in [2.45, 2.75) is 37.1 Å². The van der Waals surface area contributed by atoms with Gasteiger partial charge in [-0.25, -0.2) is 0 Å². The molecule has 0 aromatic heterocycles. The van der Waals surface area contributed by atoms with Gasteiger partial charge in [0.1, 0.15) is 17.6 Å². The van der Waals surface area contributed by atoms with Crippen molar-refractivity contribution in [1.29, 1.82) is 0 Å². The lowest BCUT2D eigenvalue weighted by Crippen LogP contribution is -2.52. The lowest BCUT2D eigenvalue weighted by atomic mass is 9.70. The molecule has 0 spiro atoms. The van der Waals surface area contributed by atoms with Crippen LogP contribution in [0.1, 0.15) is 33.7 Å².